The van der Waals surface area contributed by atoms with Gasteiger partial charge in [0.05, 0.1) is 17.3 Å². The van der Waals surface area contributed by atoms with Gasteiger partial charge in [0.2, 0.25) is 0 Å². The van der Waals surface area contributed by atoms with E-state index in [1.165, 1.54) is 11.1 Å². The number of hydrogen-bond donors (Lipinski definition) is 1. The maximum absolute atomic E-state index is 13.4. The van der Waals surface area contributed by atoms with E-state index in [0.29, 0.717) is 11.3 Å². The summed E-state index contributed by atoms with van der Waals surface area (Å²) in [6, 6.07) is 22.0. The van der Waals surface area contributed by atoms with Crippen LogP contribution in [0.15, 0.2) is 85.3 Å². The average molecular weight is 394 g/mol. The lowest BCUT2D eigenvalue weighted by molar-refractivity contribution is 0.0933. The van der Waals surface area contributed by atoms with E-state index >= 15 is 0 Å². The van der Waals surface area contributed by atoms with Crippen molar-refractivity contribution in [1.29, 1.82) is 0 Å². The number of aromatic nitrogens is 3. The maximum atomic E-state index is 13.4. The normalized spacial score (nSPS) is 15.4. The summed E-state index contributed by atoms with van der Waals surface area (Å²) >= 11 is 0. The Balaban J connectivity index is 1.52. The van der Waals surface area contributed by atoms with Crippen LogP contribution in [0.4, 0.5) is 0 Å². The van der Waals surface area contributed by atoms with Crippen molar-refractivity contribution < 1.29 is 4.79 Å². The molecule has 5 nitrogen and oxygen atoms in total. The number of nitrogens with zero attached hydrogens (tertiary/aromatic N) is 3. The first-order chi connectivity index (χ1) is 14.8. The van der Waals surface area contributed by atoms with Crippen LogP contribution in [-0.4, -0.2) is 20.7 Å². The van der Waals surface area contributed by atoms with Crippen LogP contribution in [0.2, 0.25) is 0 Å². The number of benzene rings is 2. The summed E-state index contributed by atoms with van der Waals surface area (Å²) < 4.78 is 1.76. The first-order valence-corrected chi connectivity index (χ1v) is 10.2. The first-order valence-electron chi connectivity index (χ1n) is 10.2. The van der Waals surface area contributed by atoms with Crippen LogP contribution in [0.3, 0.4) is 0 Å². The second-order valence-corrected chi connectivity index (χ2v) is 7.53. The van der Waals surface area contributed by atoms with Gasteiger partial charge in [0, 0.05) is 24.2 Å². The van der Waals surface area contributed by atoms with E-state index in [-0.39, 0.29) is 11.9 Å². The third-order valence-corrected chi connectivity index (χ3v) is 5.59. The van der Waals surface area contributed by atoms with E-state index in [9.17, 15) is 4.79 Å². The van der Waals surface area contributed by atoms with E-state index in [2.05, 4.69) is 28.5 Å². The van der Waals surface area contributed by atoms with Crippen molar-refractivity contribution in [2.75, 3.05) is 0 Å². The zero-order chi connectivity index (χ0) is 20.3. The van der Waals surface area contributed by atoms with Gasteiger partial charge in [-0.2, -0.15) is 5.10 Å². The van der Waals surface area contributed by atoms with Crippen LogP contribution in [0, 0.1) is 0 Å². The fraction of sp³-hybridized carbons (Fsp3) is 0.160. The van der Waals surface area contributed by atoms with E-state index in [0.717, 1.165) is 30.5 Å². The summed E-state index contributed by atoms with van der Waals surface area (Å²) in [7, 11) is 0. The molecule has 0 saturated heterocycles. The van der Waals surface area contributed by atoms with Gasteiger partial charge in [0.15, 0.2) is 0 Å². The van der Waals surface area contributed by atoms with Crippen molar-refractivity contribution >= 4 is 5.91 Å². The molecular formula is C25H22N4O. The summed E-state index contributed by atoms with van der Waals surface area (Å²) in [5.41, 5.74) is 5.45. The number of rotatable bonds is 4. The Kier molecular flexibility index (Phi) is 4.85. The molecule has 1 atom stereocenters. The second-order valence-electron chi connectivity index (χ2n) is 7.53. The largest absolute Gasteiger partial charge is 0.345 e. The SMILES string of the molecule is O=C(N[C@@H]1CCCc2ccccc21)c1cn(-c2ccccc2)nc1-c1cccnc1. The molecule has 30 heavy (non-hydrogen) atoms. The molecule has 5 rings (SSSR count). The Morgan fingerprint density at radius 1 is 1.00 bits per heavy atom. The number of amides is 1. The van der Waals surface area contributed by atoms with Crippen molar-refractivity contribution in [2.45, 2.75) is 25.3 Å². The molecule has 2 aromatic carbocycles. The molecule has 4 aromatic rings. The van der Waals surface area contributed by atoms with E-state index in [4.69, 9.17) is 5.10 Å². The molecule has 1 aliphatic carbocycles. The third-order valence-electron chi connectivity index (χ3n) is 5.59. The lowest BCUT2D eigenvalue weighted by atomic mass is 9.87. The van der Waals surface area contributed by atoms with Crippen LogP contribution in [-0.2, 0) is 6.42 Å². The molecule has 0 bridgehead atoms. The van der Waals surface area contributed by atoms with Gasteiger partial charge in [-0.3, -0.25) is 9.78 Å². The number of hydrogen-bond acceptors (Lipinski definition) is 3. The van der Waals surface area contributed by atoms with Crippen molar-refractivity contribution in [1.82, 2.24) is 20.1 Å². The van der Waals surface area contributed by atoms with Crippen molar-refractivity contribution in [3.63, 3.8) is 0 Å². The molecule has 148 valence electrons. The van der Waals surface area contributed by atoms with Gasteiger partial charge in [0.25, 0.3) is 5.91 Å². The minimum absolute atomic E-state index is 0.0178. The van der Waals surface area contributed by atoms with Crippen LogP contribution >= 0.6 is 0 Å². The molecule has 0 radical (unpaired) electrons. The van der Waals surface area contributed by atoms with Gasteiger partial charge in [0.1, 0.15) is 5.69 Å². The molecular weight excluding hydrogens is 372 g/mol. The molecule has 1 amide bonds. The quantitative estimate of drug-likeness (QED) is 0.544. The highest BCUT2D eigenvalue weighted by atomic mass is 16.1. The van der Waals surface area contributed by atoms with Gasteiger partial charge in [-0.05, 0) is 54.7 Å². The molecule has 2 aromatic heterocycles. The number of para-hydroxylation sites is 1. The average Bonchev–Trinajstić information content (AvgIpc) is 3.26. The minimum Gasteiger partial charge on any atom is -0.345 e. The summed E-state index contributed by atoms with van der Waals surface area (Å²) in [6.07, 6.45) is 8.34. The summed E-state index contributed by atoms with van der Waals surface area (Å²) in [4.78, 5) is 17.6. The minimum atomic E-state index is -0.113. The molecule has 5 heteroatoms. The number of carbonyl (C=O) groups excluding carboxylic acids is 1. The van der Waals surface area contributed by atoms with Gasteiger partial charge in [-0.15, -0.1) is 0 Å². The Hall–Kier alpha value is -3.73. The Morgan fingerprint density at radius 2 is 1.83 bits per heavy atom. The Morgan fingerprint density at radius 3 is 2.67 bits per heavy atom. The van der Waals surface area contributed by atoms with Crippen molar-refractivity contribution in [2.24, 2.45) is 0 Å². The van der Waals surface area contributed by atoms with E-state index in [1.54, 1.807) is 17.1 Å². The smallest absolute Gasteiger partial charge is 0.255 e. The number of fused-ring (bicyclic) bond motifs is 1. The summed E-state index contributed by atoms with van der Waals surface area (Å²) in [5.74, 6) is -0.113. The second kappa shape index (κ2) is 7.95. The monoisotopic (exact) mass is 394 g/mol. The number of aryl methyl sites for hydroxylation is 1. The lowest BCUT2D eigenvalue weighted by Crippen LogP contribution is -2.31. The highest BCUT2D eigenvalue weighted by Crippen LogP contribution is 2.30. The fourth-order valence-electron chi connectivity index (χ4n) is 4.11. The van der Waals surface area contributed by atoms with E-state index < -0.39 is 0 Å². The summed E-state index contributed by atoms with van der Waals surface area (Å²) in [5, 5.41) is 7.98. The molecule has 0 saturated carbocycles. The molecule has 0 aliphatic heterocycles. The predicted molar refractivity (Wildman–Crippen MR) is 116 cm³/mol. The molecule has 0 fully saturated rings. The standard InChI is InChI=1S/C25H22N4O/c30-25(27-23-14-6-9-18-8-4-5-13-21(18)23)22-17-29(20-11-2-1-3-12-20)28-24(22)19-10-7-15-26-16-19/h1-5,7-8,10-13,15-17,23H,6,9,14H2,(H,27,30)/t23-/m1/s1. The van der Waals surface area contributed by atoms with Crippen LogP contribution in [0.5, 0.6) is 0 Å². The molecule has 2 heterocycles. The van der Waals surface area contributed by atoms with E-state index in [1.807, 2.05) is 54.7 Å². The molecule has 0 spiro atoms. The third kappa shape index (κ3) is 3.50. The summed E-state index contributed by atoms with van der Waals surface area (Å²) in [6.45, 7) is 0. The van der Waals surface area contributed by atoms with Crippen molar-refractivity contribution in [3.05, 3.63) is 102 Å². The van der Waals surface area contributed by atoms with Gasteiger partial charge in [-0.1, -0.05) is 42.5 Å². The predicted octanol–water partition coefficient (Wildman–Crippen LogP) is 4.74. The molecule has 1 aliphatic rings. The topological polar surface area (TPSA) is 59.8 Å². The van der Waals surface area contributed by atoms with Gasteiger partial charge < -0.3 is 5.32 Å². The first kappa shape index (κ1) is 18.3. The van der Waals surface area contributed by atoms with Crippen molar-refractivity contribution in [3.8, 4) is 16.9 Å². The van der Waals surface area contributed by atoms with Crippen LogP contribution in [0.1, 0.15) is 40.4 Å². The maximum Gasteiger partial charge on any atom is 0.255 e. The number of nitrogens with one attached hydrogen (secondary N) is 1. The molecule has 0 unspecified atom stereocenters. The number of carbonyl (C=O) groups is 1. The number of pyridine rings is 1. The Bertz CT molecular complexity index is 1170. The lowest BCUT2D eigenvalue weighted by Gasteiger charge is -2.26. The van der Waals surface area contributed by atoms with Gasteiger partial charge in [-0.25, -0.2) is 4.68 Å². The van der Waals surface area contributed by atoms with Crippen LogP contribution in [0.25, 0.3) is 16.9 Å². The zero-order valence-corrected chi connectivity index (χ0v) is 16.5. The zero-order valence-electron chi connectivity index (χ0n) is 16.5. The molecule has 1 N–H and O–H groups in total. The highest BCUT2D eigenvalue weighted by Gasteiger charge is 2.25. The van der Waals surface area contributed by atoms with Gasteiger partial charge >= 0.3 is 0 Å². The highest BCUT2D eigenvalue weighted by molar-refractivity contribution is 6.00. The van der Waals surface area contributed by atoms with Crippen LogP contribution < -0.4 is 5.32 Å². The fourth-order valence-corrected chi connectivity index (χ4v) is 4.11. The Labute approximate surface area is 175 Å².